The van der Waals surface area contributed by atoms with E-state index in [2.05, 4.69) is 31.4 Å². The molecule has 0 unspecified atom stereocenters. The Bertz CT molecular complexity index is 579. The van der Waals surface area contributed by atoms with Gasteiger partial charge >= 0.3 is 0 Å². The minimum Gasteiger partial charge on any atom is -0.347 e. The van der Waals surface area contributed by atoms with Crippen LogP contribution >= 0.6 is 15.9 Å². The summed E-state index contributed by atoms with van der Waals surface area (Å²) in [5.41, 5.74) is 1.70. The number of aryl methyl sites for hydroxylation is 1. The number of H-pyrrole nitrogens is 1. The van der Waals surface area contributed by atoms with Crippen LogP contribution in [-0.2, 0) is 16.8 Å². The Hall–Kier alpha value is -1.62. The van der Waals surface area contributed by atoms with Crippen LogP contribution in [0.3, 0.4) is 0 Å². The lowest BCUT2D eigenvalue weighted by Crippen LogP contribution is -2.41. The van der Waals surface area contributed by atoms with Gasteiger partial charge in [-0.15, -0.1) is 0 Å². The second kappa shape index (κ2) is 6.22. The van der Waals surface area contributed by atoms with E-state index in [-0.39, 0.29) is 5.91 Å². The fraction of sp³-hybridized carbons (Fsp3) is 0.333. The number of benzene rings is 1. The Morgan fingerprint density at radius 2 is 2.15 bits per heavy atom. The van der Waals surface area contributed by atoms with Crippen molar-refractivity contribution in [2.45, 2.75) is 32.2 Å². The van der Waals surface area contributed by atoms with Crippen LogP contribution in [0.1, 0.15) is 31.4 Å². The predicted octanol–water partition coefficient (Wildman–Crippen LogP) is 3.16. The second-order valence-electron chi connectivity index (χ2n) is 5.26. The Morgan fingerprint density at radius 3 is 2.80 bits per heavy atom. The fourth-order valence-electron chi connectivity index (χ4n) is 2.12. The van der Waals surface area contributed by atoms with Gasteiger partial charge in [0.15, 0.2) is 0 Å². The molecule has 0 radical (unpaired) electrons. The van der Waals surface area contributed by atoms with Crippen molar-refractivity contribution in [3.63, 3.8) is 0 Å². The molecule has 1 aromatic heterocycles. The quantitative estimate of drug-likeness (QED) is 0.881. The molecule has 0 fully saturated rings. The summed E-state index contributed by atoms with van der Waals surface area (Å²) in [7, 11) is 0. The Kier molecular flexibility index (Phi) is 4.60. The molecule has 2 aromatic rings. The molecule has 0 bridgehead atoms. The normalized spacial score (nSPS) is 11.3. The summed E-state index contributed by atoms with van der Waals surface area (Å²) in [6.45, 7) is 4.01. The lowest BCUT2D eigenvalue weighted by molar-refractivity contribution is -0.122. The van der Waals surface area contributed by atoms with Gasteiger partial charge in [0.1, 0.15) is 0 Å². The zero-order valence-corrected chi connectivity index (χ0v) is 13.2. The Labute approximate surface area is 127 Å². The van der Waals surface area contributed by atoms with Crippen LogP contribution in [0.4, 0.5) is 0 Å². The number of hydrogen-bond donors (Lipinski definition) is 2. The van der Waals surface area contributed by atoms with Gasteiger partial charge in [0, 0.05) is 17.1 Å². The van der Waals surface area contributed by atoms with Crippen LogP contribution in [0.2, 0.25) is 0 Å². The van der Waals surface area contributed by atoms with Crippen molar-refractivity contribution < 1.29 is 4.79 Å². The number of halogens is 1. The maximum absolute atomic E-state index is 12.1. The van der Waals surface area contributed by atoms with Crippen molar-refractivity contribution in [2.24, 2.45) is 0 Å². The number of hydrogen-bond acceptors (Lipinski definition) is 2. The molecule has 2 N–H and O–H groups in total. The first-order chi connectivity index (χ1) is 9.49. The van der Waals surface area contributed by atoms with Gasteiger partial charge in [-0.05, 0) is 37.5 Å². The highest BCUT2D eigenvalue weighted by atomic mass is 79.9. The number of carbonyl (C=O) groups excluding carboxylic acids is 1. The number of aromatic nitrogens is 2. The van der Waals surface area contributed by atoms with Gasteiger partial charge in [-0.3, -0.25) is 9.89 Å². The molecular formula is C15H18BrN3O. The van der Waals surface area contributed by atoms with Gasteiger partial charge in [0.25, 0.3) is 0 Å². The van der Waals surface area contributed by atoms with E-state index in [4.69, 9.17) is 0 Å². The molecule has 0 spiro atoms. The maximum atomic E-state index is 12.1. The maximum Gasteiger partial charge on any atom is 0.221 e. The van der Waals surface area contributed by atoms with Crippen LogP contribution in [0.15, 0.2) is 41.1 Å². The largest absolute Gasteiger partial charge is 0.347 e. The third-order valence-corrected chi connectivity index (χ3v) is 3.89. The van der Waals surface area contributed by atoms with Gasteiger partial charge in [-0.2, -0.15) is 5.10 Å². The fourth-order valence-corrected chi connectivity index (χ4v) is 2.90. The number of carbonyl (C=O) groups is 1. The molecule has 1 heterocycles. The summed E-state index contributed by atoms with van der Waals surface area (Å²) in [6, 6.07) is 7.93. The first-order valence-corrected chi connectivity index (χ1v) is 7.32. The topological polar surface area (TPSA) is 57.8 Å². The van der Waals surface area contributed by atoms with Gasteiger partial charge in [-0.25, -0.2) is 0 Å². The minimum absolute atomic E-state index is 0.0342. The van der Waals surface area contributed by atoms with E-state index in [0.717, 1.165) is 15.6 Å². The average Bonchev–Trinajstić information content (AvgIpc) is 2.89. The van der Waals surface area contributed by atoms with Crippen molar-refractivity contribution in [1.82, 2.24) is 15.5 Å². The molecule has 1 amide bonds. The lowest BCUT2D eigenvalue weighted by Gasteiger charge is -2.28. The molecule has 0 saturated heterocycles. The zero-order chi connectivity index (χ0) is 14.6. The number of amides is 1. The molecular weight excluding hydrogens is 318 g/mol. The predicted molar refractivity (Wildman–Crippen MR) is 82.2 cm³/mol. The first kappa shape index (κ1) is 14.8. The number of nitrogens with one attached hydrogen (secondary N) is 2. The van der Waals surface area contributed by atoms with E-state index in [9.17, 15) is 4.79 Å². The monoisotopic (exact) mass is 335 g/mol. The van der Waals surface area contributed by atoms with Crippen molar-refractivity contribution >= 4 is 21.8 Å². The molecule has 0 aliphatic heterocycles. The molecule has 2 rings (SSSR count). The number of nitrogens with zero attached hydrogens (tertiary/aromatic N) is 1. The molecule has 0 aliphatic carbocycles. The van der Waals surface area contributed by atoms with E-state index in [1.54, 1.807) is 6.20 Å². The highest BCUT2D eigenvalue weighted by Crippen LogP contribution is 2.27. The molecule has 1 aromatic carbocycles. The second-order valence-corrected chi connectivity index (χ2v) is 6.11. The third-order valence-electron chi connectivity index (χ3n) is 3.19. The first-order valence-electron chi connectivity index (χ1n) is 6.53. The van der Waals surface area contributed by atoms with E-state index >= 15 is 0 Å². The molecule has 4 nitrogen and oxygen atoms in total. The smallest absolute Gasteiger partial charge is 0.221 e. The summed E-state index contributed by atoms with van der Waals surface area (Å²) in [6.07, 6.45) is 4.69. The van der Waals surface area contributed by atoms with Gasteiger partial charge in [0.05, 0.1) is 11.7 Å². The summed E-state index contributed by atoms with van der Waals surface area (Å²) in [5.74, 6) is 0.0342. The van der Waals surface area contributed by atoms with E-state index in [0.29, 0.717) is 12.8 Å². The van der Waals surface area contributed by atoms with Crippen molar-refractivity contribution in [3.8, 4) is 0 Å². The van der Waals surface area contributed by atoms with Crippen LogP contribution < -0.4 is 5.32 Å². The van der Waals surface area contributed by atoms with Gasteiger partial charge in [0.2, 0.25) is 5.91 Å². The lowest BCUT2D eigenvalue weighted by atomic mass is 9.94. The van der Waals surface area contributed by atoms with Gasteiger partial charge < -0.3 is 5.32 Å². The van der Waals surface area contributed by atoms with Gasteiger partial charge in [-0.1, -0.05) is 34.1 Å². The standard InChI is InChI=1S/C15H18BrN3O/c1-15(2,12-5-3-4-6-13(12)16)19-14(20)8-7-11-9-17-18-10-11/h3-6,9-10H,7-8H2,1-2H3,(H,17,18)(H,19,20). The summed E-state index contributed by atoms with van der Waals surface area (Å²) < 4.78 is 1.00. The van der Waals surface area contributed by atoms with Crippen molar-refractivity contribution in [3.05, 3.63) is 52.3 Å². The Morgan fingerprint density at radius 1 is 1.40 bits per heavy atom. The number of rotatable bonds is 5. The third kappa shape index (κ3) is 3.70. The summed E-state index contributed by atoms with van der Waals surface area (Å²) in [5, 5.41) is 9.69. The van der Waals surface area contributed by atoms with Crippen LogP contribution in [0, 0.1) is 0 Å². The molecule has 0 atom stereocenters. The molecule has 0 saturated carbocycles. The highest BCUT2D eigenvalue weighted by molar-refractivity contribution is 9.10. The number of aromatic amines is 1. The van der Waals surface area contributed by atoms with E-state index in [1.165, 1.54) is 0 Å². The van der Waals surface area contributed by atoms with Crippen LogP contribution in [-0.4, -0.2) is 16.1 Å². The molecule has 20 heavy (non-hydrogen) atoms. The molecule has 106 valence electrons. The highest BCUT2D eigenvalue weighted by Gasteiger charge is 2.24. The molecule has 5 heteroatoms. The van der Waals surface area contributed by atoms with Crippen molar-refractivity contribution in [2.75, 3.05) is 0 Å². The summed E-state index contributed by atoms with van der Waals surface area (Å²) >= 11 is 3.53. The minimum atomic E-state index is -0.409. The average molecular weight is 336 g/mol. The van der Waals surface area contributed by atoms with Crippen molar-refractivity contribution in [1.29, 1.82) is 0 Å². The van der Waals surface area contributed by atoms with E-state index in [1.807, 2.05) is 44.3 Å². The van der Waals surface area contributed by atoms with E-state index < -0.39 is 5.54 Å². The SMILES string of the molecule is CC(C)(NC(=O)CCc1cn[nH]c1)c1ccccc1Br. The van der Waals surface area contributed by atoms with Crippen LogP contribution in [0.25, 0.3) is 0 Å². The summed E-state index contributed by atoms with van der Waals surface area (Å²) in [4.78, 5) is 12.1. The van der Waals surface area contributed by atoms with Crippen LogP contribution in [0.5, 0.6) is 0 Å². The molecule has 0 aliphatic rings. The Balaban J connectivity index is 1.97. The zero-order valence-electron chi connectivity index (χ0n) is 11.6.